The molecular weight excluding hydrogens is 274 g/mol. The van der Waals surface area contributed by atoms with Crippen LogP contribution in [0.3, 0.4) is 0 Å². The second-order valence-electron chi connectivity index (χ2n) is 5.36. The third-order valence-corrected chi connectivity index (χ3v) is 3.96. The maximum Gasteiger partial charge on any atom is 0.350 e. The van der Waals surface area contributed by atoms with Crippen molar-refractivity contribution in [1.82, 2.24) is 9.55 Å². The predicted molar refractivity (Wildman–Crippen MR) is 87.4 cm³/mol. The minimum Gasteiger partial charge on any atom is -0.340 e. The van der Waals surface area contributed by atoms with Crippen molar-refractivity contribution in [3.05, 3.63) is 76.7 Å². The van der Waals surface area contributed by atoms with E-state index in [0.29, 0.717) is 12.4 Å². The van der Waals surface area contributed by atoms with E-state index in [2.05, 4.69) is 22.4 Å². The lowest BCUT2D eigenvalue weighted by molar-refractivity contribution is 0.641. The first-order chi connectivity index (χ1) is 10.8. The molecule has 108 valence electrons. The van der Waals surface area contributed by atoms with Gasteiger partial charge in [-0.3, -0.25) is 4.57 Å². The third kappa shape index (κ3) is 2.19. The van der Waals surface area contributed by atoms with Crippen LogP contribution < -0.4 is 11.0 Å². The molecule has 0 saturated heterocycles. The second kappa shape index (κ2) is 5.15. The maximum absolute atomic E-state index is 12.3. The summed E-state index contributed by atoms with van der Waals surface area (Å²) in [5.74, 6) is 0.583. The average molecular weight is 289 g/mol. The molecule has 4 nitrogen and oxygen atoms in total. The molecule has 0 spiro atoms. The number of fused-ring (bicyclic) bond motifs is 3. The van der Waals surface area contributed by atoms with E-state index in [1.54, 1.807) is 4.57 Å². The summed E-state index contributed by atoms with van der Waals surface area (Å²) in [5, 5.41) is 3.20. The van der Waals surface area contributed by atoms with Gasteiger partial charge in [0.2, 0.25) is 0 Å². The van der Waals surface area contributed by atoms with Crippen molar-refractivity contribution in [3.63, 3.8) is 0 Å². The lowest BCUT2D eigenvalue weighted by Crippen LogP contribution is -2.28. The Morgan fingerprint density at radius 1 is 1.00 bits per heavy atom. The van der Waals surface area contributed by atoms with E-state index in [-0.39, 0.29) is 5.69 Å². The van der Waals surface area contributed by atoms with Crippen molar-refractivity contribution in [3.8, 4) is 11.3 Å². The zero-order valence-corrected chi connectivity index (χ0v) is 12.0. The average Bonchev–Trinajstić information content (AvgIpc) is 2.56. The Hall–Kier alpha value is -2.88. The summed E-state index contributed by atoms with van der Waals surface area (Å²) in [6.45, 7) is 0.684. The van der Waals surface area contributed by atoms with Crippen LogP contribution in [0, 0.1) is 0 Å². The van der Waals surface area contributed by atoms with E-state index in [1.807, 2.05) is 48.5 Å². The predicted octanol–water partition coefficient (Wildman–Crippen LogP) is 3.21. The molecule has 1 N–H and O–H groups in total. The van der Waals surface area contributed by atoms with Gasteiger partial charge in [-0.2, -0.15) is 4.98 Å². The molecule has 0 bridgehead atoms. The summed E-state index contributed by atoms with van der Waals surface area (Å²) >= 11 is 0. The van der Waals surface area contributed by atoms with Crippen LogP contribution in [-0.2, 0) is 13.0 Å². The van der Waals surface area contributed by atoms with Gasteiger partial charge in [-0.25, -0.2) is 4.79 Å². The zero-order valence-electron chi connectivity index (χ0n) is 12.0. The highest BCUT2D eigenvalue weighted by Crippen LogP contribution is 2.29. The molecule has 0 amide bonds. The molecule has 0 fully saturated rings. The quantitative estimate of drug-likeness (QED) is 0.788. The van der Waals surface area contributed by atoms with Crippen molar-refractivity contribution < 1.29 is 0 Å². The first-order valence-corrected chi connectivity index (χ1v) is 7.33. The normalized spacial score (nSPS) is 12.4. The Morgan fingerprint density at radius 2 is 1.77 bits per heavy atom. The third-order valence-electron chi connectivity index (χ3n) is 3.96. The van der Waals surface area contributed by atoms with Crippen LogP contribution in [-0.4, -0.2) is 9.55 Å². The van der Waals surface area contributed by atoms with Crippen molar-refractivity contribution in [2.45, 2.75) is 13.0 Å². The SMILES string of the molecule is O=c1nc(Nc2ccccc2)cc2n1CCc1ccccc1-2. The molecule has 0 unspecified atom stereocenters. The number of nitrogens with zero attached hydrogens (tertiary/aromatic N) is 2. The summed E-state index contributed by atoms with van der Waals surface area (Å²) in [4.78, 5) is 16.4. The van der Waals surface area contributed by atoms with Gasteiger partial charge in [0.1, 0.15) is 5.82 Å². The van der Waals surface area contributed by atoms with E-state index in [1.165, 1.54) is 5.56 Å². The van der Waals surface area contributed by atoms with Crippen molar-refractivity contribution in [1.29, 1.82) is 0 Å². The summed E-state index contributed by atoms with van der Waals surface area (Å²) < 4.78 is 1.75. The molecule has 1 aliphatic heterocycles. The highest BCUT2D eigenvalue weighted by Gasteiger charge is 2.17. The molecular formula is C18H15N3O. The lowest BCUT2D eigenvalue weighted by atomic mass is 9.98. The molecule has 2 aromatic carbocycles. The Labute approximate surface area is 128 Å². The first kappa shape index (κ1) is 12.8. The number of aryl methyl sites for hydroxylation is 1. The van der Waals surface area contributed by atoms with E-state index in [0.717, 1.165) is 23.4 Å². The minimum atomic E-state index is -0.203. The highest BCUT2D eigenvalue weighted by atomic mass is 16.1. The molecule has 22 heavy (non-hydrogen) atoms. The number of aromatic nitrogens is 2. The standard InChI is InChI=1S/C18H15N3O/c22-18-20-17(19-14-7-2-1-3-8-14)12-16-15-9-5-4-6-13(15)10-11-21(16)18/h1-9,12H,10-11H2,(H,19,20,22). The van der Waals surface area contributed by atoms with Gasteiger partial charge < -0.3 is 5.32 Å². The summed E-state index contributed by atoms with van der Waals surface area (Å²) in [6, 6.07) is 19.9. The van der Waals surface area contributed by atoms with Crippen molar-refractivity contribution in [2.24, 2.45) is 0 Å². The molecule has 1 aliphatic rings. The van der Waals surface area contributed by atoms with Crippen LogP contribution >= 0.6 is 0 Å². The molecule has 3 aromatic rings. The van der Waals surface area contributed by atoms with E-state index in [4.69, 9.17) is 0 Å². The van der Waals surface area contributed by atoms with Gasteiger partial charge in [0, 0.05) is 23.9 Å². The Kier molecular flexibility index (Phi) is 3.00. The fourth-order valence-electron chi connectivity index (χ4n) is 2.90. The first-order valence-electron chi connectivity index (χ1n) is 7.33. The van der Waals surface area contributed by atoms with Crippen LogP contribution in [0.1, 0.15) is 5.56 Å². The number of hydrogen-bond acceptors (Lipinski definition) is 3. The van der Waals surface area contributed by atoms with Gasteiger partial charge in [0.15, 0.2) is 0 Å². The molecule has 2 heterocycles. The number of nitrogens with one attached hydrogen (secondary N) is 1. The molecule has 4 heteroatoms. The van der Waals surface area contributed by atoms with Crippen LogP contribution in [0.2, 0.25) is 0 Å². The highest BCUT2D eigenvalue weighted by molar-refractivity contribution is 5.69. The number of anilines is 2. The fraction of sp³-hybridized carbons (Fsp3) is 0.111. The largest absolute Gasteiger partial charge is 0.350 e. The van der Waals surface area contributed by atoms with Gasteiger partial charge in [-0.1, -0.05) is 42.5 Å². The zero-order chi connectivity index (χ0) is 14.9. The van der Waals surface area contributed by atoms with Crippen LogP contribution in [0.25, 0.3) is 11.3 Å². The Bertz CT molecular complexity index is 884. The number of hydrogen-bond donors (Lipinski definition) is 1. The number of benzene rings is 2. The molecule has 4 rings (SSSR count). The summed E-state index contributed by atoms with van der Waals surface area (Å²) in [5.41, 5.74) is 4.04. The maximum atomic E-state index is 12.3. The Balaban J connectivity index is 1.82. The summed E-state index contributed by atoms with van der Waals surface area (Å²) in [7, 11) is 0. The number of para-hydroxylation sites is 1. The molecule has 0 radical (unpaired) electrons. The minimum absolute atomic E-state index is 0.203. The molecule has 0 atom stereocenters. The van der Waals surface area contributed by atoms with Gasteiger partial charge >= 0.3 is 5.69 Å². The van der Waals surface area contributed by atoms with E-state index >= 15 is 0 Å². The van der Waals surface area contributed by atoms with E-state index in [9.17, 15) is 4.79 Å². The van der Waals surface area contributed by atoms with Crippen LogP contribution in [0.15, 0.2) is 65.5 Å². The van der Waals surface area contributed by atoms with Crippen LogP contribution in [0.4, 0.5) is 11.5 Å². The van der Waals surface area contributed by atoms with Crippen LogP contribution in [0.5, 0.6) is 0 Å². The molecule has 0 aliphatic carbocycles. The van der Waals surface area contributed by atoms with Gasteiger partial charge in [-0.05, 0) is 24.1 Å². The smallest absolute Gasteiger partial charge is 0.340 e. The molecule has 1 aromatic heterocycles. The monoisotopic (exact) mass is 289 g/mol. The van der Waals surface area contributed by atoms with E-state index < -0.39 is 0 Å². The summed E-state index contributed by atoms with van der Waals surface area (Å²) in [6.07, 6.45) is 0.871. The van der Waals surface area contributed by atoms with Gasteiger partial charge in [0.05, 0.1) is 5.69 Å². The van der Waals surface area contributed by atoms with Gasteiger partial charge in [0.25, 0.3) is 0 Å². The second-order valence-corrected chi connectivity index (χ2v) is 5.36. The Morgan fingerprint density at radius 3 is 2.64 bits per heavy atom. The number of rotatable bonds is 2. The fourth-order valence-corrected chi connectivity index (χ4v) is 2.90. The topological polar surface area (TPSA) is 46.9 Å². The van der Waals surface area contributed by atoms with Crippen molar-refractivity contribution in [2.75, 3.05) is 5.32 Å². The molecule has 0 saturated carbocycles. The van der Waals surface area contributed by atoms with Gasteiger partial charge in [-0.15, -0.1) is 0 Å². The lowest BCUT2D eigenvalue weighted by Gasteiger charge is -2.21. The van der Waals surface area contributed by atoms with Crippen molar-refractivity contribution >= 4 is 11.5 Å².